The van der Waals surface area contributed by atoms with Crippen molar-refractivity contribution in [2.45, 2.75) is 17.0 Å². The van der Waals surface area contributed by atoms with Crippen molar-refractivity contribution in [3.8, 4) is 0 Å². The number of carbonyl (C=O) groups is 1. The summed E-state index contributed by atoms with van der Waals surface area (Å²) < 4.78 is 0. The number of aromatic carboxylic acids is 1. The fraction of sp³-hybridized carbons (Fsp3) is 0.0769. The highest BCUT2D eigenvalue weighted by Crippen LogP contribution is 2.33. The first kappa shape index (κ1) is 12.6. The third-order valence-corrected chi connectivity index (χ3v) is 3.74. The minimum Gasteiger partial charge on any atom is -0.478 e. The van der Waals surface area contributed by atoms with E-state index in [1.165, 1.54) is 18.0 Å². The van der Waals surface area contributed by atoms with Gasteiger partial charge >= 0.3 is 5.97 Å². The van der Waals surface area contributed by atoms with Gasteiger partial charge in [0.2, 0.25) is 5.16 Å². The van der Waals surface area contributed by atoms with Crippen LogP contribution in [0.5, 0.6) is 0 Å². The highest BCUT2D eigenvalue weighted by molar-refractivity contribution is 7.99. The molecule has 1 aromatic carbocycles. The number of aryl methyl sites for hydroxylation is 1. The molecule has 0 unspecified atom stereocenters. The second-order valence-electron chi connectivity index (χ2n) is 4.13. The number of aromatic amines is 1. The molecule has 7 heteroatoms. The van der Waals surface area contributed by atoms with Crippen molar-refractivity contribution in [1.82, 2.24) is 20.2 Å². The Hall–Kier alpha value is -2.41. The Labute approximate surface area is 118 Å². The molecule has 0 aliphatic rings. The van der Waals surface area contributed by atoms with Crippen molar-refractivity contribution in [3.05, 3.63) is 41.9 Å². The number of nitrogens with zero attached hydrogens (tertiary/aromatic N) is 3. The van der Waals surface area contributed by atoms with Crippen LogP contribution >= 0.6 is 11.8 Å². The minimum absolute atomic E-state index is 0.149. The number of rotatable bonds is 3. The van der Waals surface area contributed by atoms with E-state index in [4.69, 9.17) is 0 Å². The molecule has 0 fully saturated rings. The van der Waals surface area contributed by atoms with Crippen molar-refractivity contribution in [2.75, 3.05) is 0 Å². The molecule has 3 aromatic rings. The molecule has 0 aliphatic carbocycles. The first-order valence-corrected chi connectivity index (χ1v) is 6.64. The summed E-state index contributed by atoms with van der Waals surface area (Å²) >= 11 is 1.22. The molecule has 3 rings (SSSR count). The quantitative estimate of drug-likeness (QED) is 0.768. The fourth-order valence-electron chi connectivity index (χ4n) is 1.84. The Morgan fingerprint density at radius 1 is 1.35 bits per heavy atom. The summed E-state index contributed by atoms with van der Waals surface area (Å²) in [6.45, 7) is 1.79. The van der Waals surface area contributed by atoms with Gasteiger partial charge in [0, 0.05) is 16.5 Å². The van der Waals surface area contributed by atoms with E-state index in [2.05, 4.69) is 20.2 Å². The van der Waals surface area contributed by atoms with Crippen LogP contribution in [0.15, 0.2) is 40.5 Å². The van der Waals surface area contributed by atoms with Gasteiger partial charge in [0.1, 0.15) is 5.82 Å². The number of hydrogen-bond donors (Lipinski definition) is 2. The molecule has 2 aromatic heterocycles. The van der Waals surface area contributed by atoms with Gasteiger partial charge < -0.3 is 5.11 Å². The molecule has 2 N–H and O–H groups in total. The molecular formula is C13H10N4O2S. The van der Waals surface area contributed by atoms with E-state index in [9.17, 15) is 9.90 Å². The zero-order chi connectivity index (χ0) is 14.1. The van der Waals surface area contributed by atoms with Crippen LogP contribution in [-0.4, -0.2) is 31.2 Å². The van der Waals surface area contributed by atoms with E-state index < -0.39 is 5.97 Å². The molecule has 6 nitrogen and oxygen atoms in total. The predicted octanol–water partition coefficient (Wildman–Crippen LogP) is 2.51. The Morgan fingerprint density at radius 2 is 2.15 bits per heavy atom. The predicted molar refractivity (Wildman–Crippen MR) is 73.9 cm³/mol. The number of nitrogens with one attached hydrogen (secondary N) is 1. The van der Waals surface area contributed by atoms with Gasteiger partial charge in [-0.25, -0.2) is 9.78 Å². The summed E-state index contributed by atoms with van der Waals surface area (Å²) in [6.07, 6.45) is 1.37. The van der Waals surface area contributed by atoms with Gasteiger partial charge in [-0.2, -0.15) is 0 Å². The maximum absolute atomic E-state index is 11.4. The molecular weight excluding hydrogens is 276 g/mol. The molecule has 0 aliphatic heterocycles. The maximum Gasteiger partial charge on any atom is 0.338 e. The summed E-state index contributed by atoms with van der Waals surface area (Å²) in [7, 11) is 0. The van der Waals surface area contributed by atoms with E-state index in [0.717, 1.165) is 10.9 Å². The second kappa shape index (κ2) is 4.93. The van der Waals surface area contributed by atoms with E-state index >= 15 is 0 Å². The zero-order valence-electron chi connectivity index (χ0n) is 10.5. The molecule has 0 spiro atoms. The fourth-order valence-corrected chi connectivity index (χ4v) is 2.83. The van der Waals surface area contributed by atoms with Gasteiger partial charge in [-0.3, -0.25) is 10.1 Å². The third-order valence-electron chi connectivity index (χ3n) is 2.73. The summed E-state index contributed by atoms with van der Waals surface area (Å²) in [5.41, 5.74) is 0.892. The van der Waals surface area contributed by atoms with Crippen LogP contribution in [0.4, 0.5) is 0 Å². The lowest BCUT2D eigenvalue weighted by Gasteiger charge is -2.07. The second-order valence-corrected chi connectivity index (χ2v) is 5.11. The van der Waals surface area contributed by atoms with E-state index in [0.29, 0.717) is 15.9 Å². The number of carboxylic acids is 1. The topological polar surface area (TPSA) is 91.8 Å². The smallest absolute Gasteiger partial charge is 0.338 e. The van der Waals surface area contributed by atoms with Crippen molar-refractivity contribution in [3.63, 3.8) is 0 Å². The Kier molecular flexibility index (Phi) is 3.11. The summed E-state index contributed by atoms with van der Waals surface area (Å²) in [6, 6.07) is 7.40. The first-order chi connectivity index (χ1) is 9.65. The monoisotopic (exact) mass is 286 g/mol. The highest BCUT2D eigenvalue weighted by Gasteiger charge is 2.17. The van der Waals surface area contributed by atoms with E-state index in [-0.39, 0.29) is 5.56 Å². The van der Waals surface area contributed by atoms with Crippen LogP contribution in [0.25, 0.3) is 10.9 Å². The number of carboxylic acid groups (broad SMARTS) is 1. The lowest BCUT2D eigenvalue weighted by molar-refractivity contribution is 0.0693. The molecule has 0 radical (unpaired) electrons. The highest BCUT2D eigenvalue weighted by atomic mass is 32.2. The van der Waals surface area contributed by atoms with Crippen LogP contribution < -0.4 is 0 Å². The Bertz CT molecular complexity index is 800. The van der Waals surface area contributed by atoms with Gasteiger partial charge in [-0.15, -0.1) is 5.10 Å². The first-order valence-electron chi connectivity index (χ1n) is 5.83. The minimum atomic E-state index is -1.02. The number of H-pyrrole nitrogens is 1. The van der Waals surface area contributed by atoms with E-state index in [1.807, 2.05) is 24.3 Å². The van der Waals surface area contributed by atoms with Crippen molar-refractivity contribution < 1.29 is 9.90 Å². The van der Waals surface area contributed by atoms with Gasteiger partial charge in [-0.05, 0) is 24.8 Å². The van der Waals surface area contributed by atoms with Gasteiger partial charge in [-0.1, -0.05) is 18.2 Å². The third kappa shape index (κ3) is 2.23. The number of aromatic nitrogens is 4. The van der Waals surface area contributed by atoms with Crippen LogP contribution in [-0.2, 0) is 0 Å². The molecule has 0 atom stereocenters. The average Bonchev–Trinajstić information content (AvgIpc) is 2.84. The maximum atomic E-state index is 11.4. The number of benzene rings is 1. The molecule has 0 saturated carbocycles. The van der Waals surface area contributed by atoms with Gasteiger partial charge in [0.05, 0.1) is 11.1 Å². The Morgan fingerprint density at radius 3 is 2.85 bits per heavy atom. The average molecular weight is 286 g/mol. The molecule has 2 heterocycles. The van der Waals surface area contributed by atoms with Gasteiger partial charge in [0.25, 0.3) is 0 Å². The van der Waals surface area contributed by atoms with Crippen LogP contribution in [0.1, 0.15) is 16.2 Å². The Balaban J connectivity index is 2.19. The molecule has 20 heavy (non-hydrogen) atoms. The van der Waals surface area contributed by atoms with Crippen LogP contribution in [0.2, 0.25) is 0 Å². The summed E-state index contributed by atoms with van der Waals surface area (Å²) in [5, 5.41) is 17.3. The SMILES string of the molecule is Cc1nc(Sc2c(C(=O)O)cnc3ccccc23)n[nH]1. The normalized spacial score (nSPS) is 10.8. The van der Waals surface area contributed by atoms with E-state index in [1.54, 1.807) is 6.92 Å². The number of hydrogen-bond acceptors (Lipinski definition) is 5. The lowest BCUT2D eigenvalue weighted by atomic mass is 10.1. The van der Waals surface area contributed by atoms with Crippen LogP contribution in [0.3, 0.4) is 0 Å². The molecule has 0 bridgehead atoms. The largest absolute Gasteiger partial charge is 0.478 e. The molecule has 100 valence electrons. The zero-order valence-corrected chi connectivity index (χ0v) is 11.3. The van der Waals surface area contributed by atoms with Crippen molar-refractivity contribution in [2.24, 2.45) is 0 Å². The lowest BCUT2D eigenvalue weighted by Crippen LogP contribution is -2.01. The van der Waals surface area contributed by atoms with Gasteiger partial charge in [0.15, 0.2) is 0 Å². The summed E-state index contributed by atoms with van der Waals surface area (Å²) in [5.74, 6) is -0.333. The number of para-hydroxylation sites is 1. The standard InChI is InChI=1S/C13H10N4O2S/c1-7-15-13(17-16-7)20-11-8-4-2-3-5-10(8)14-6-9(11)12(18)19/h2-6H,1H3,(H,18,19)(H,15,16,17). The van der Waals surface area contributed by atoms with Crippen molar-refractivity contribution >= 4 is 28.6 Å². The molecule has 0 saturated heterocycles. The molecule has 0 amide bonds. The number of fused-ring (bicyclic) bond motifs is 1. The van der Waals surface area contributed by atoms with Crippen molar-refractivity contribution in [1.29, 1.82) is 0 Å². The summed E-state index contributed by atoms with van der Waals surface area (Å²) in [4.78, 5) is 20.3. The van der Waals surface area contributed by atoms with Crippen LogP contribution in [0, 0.1) is 6.92 Å². The number of pyridine rings is 1.